The molecule has 1 atom stereocenters. The molecule has 3 aromatic heterocycles. The summed E-state index contributed by atoms with van der Waals surface area (Å²) in [5, 5.41) is 6.05. The molecule has 0 radical (unpaired) electrons. The van der Waals surface area contributed by atoms with Gasteiger partial charge in [-0.25, -0.2) is 28.1 Å². The van der Waals surface area contributed by atoms with Gasteiger partial charge in [0.2, 0.25) is 17.8 Å². The van der Waals surface area contributed by atoms with Crippen LogP contribution in [0.1, 0.15) is 31.6 Å². The molecule has 0 bridgehead atoms. The molecule has 1 aliphatic rings. The van der Waals surface area contributed by atoms with Gasteiger partial charge in [-0.3, -0.25) is 0 Å². The number of halogens is 3. The number of hydrogen-bond acceptors (Lipinski definition) is 9. The van der Waals surface area contributed by atoms with Gasteiger partial charge >= 0.3 is 0 Å². The summed E-state index contributed by atoms with van der Waals surface area (Å²) in [5.74, 6) is -1.70. The van der Waals surface area contributed by atoms with Gasteiger partial charge in [-0.15, -0.1) is 0 Å². The molecule has 0 aromatic carbocycles. The molecular formula is C18H21F3N10. The normalized spacial score (nSPS) is 16.7. The first-order valence-electron chi connectivity index (χ1n) is 9.65. The summed E-state index contributed by atoms with van der Waals surface area (Å²) in [6.07, 6.45) is 4.95. The van der Waals surface area contributed by atoms with Gasteiger partial charge < -0.3 is 20.1 Å². The highest BCUT2D eigenvalue weighted by molar-refractivity contribution is 5.52. The third-order valence-electron chi connectivity index (χ3n) is 4.72. The summed E-state index contributed by atoms with van der Waals surface area (Å²) in [6.45, 7) is 2.01. The van der Waals surface area contributed by atoms with Gasteiger partial charge in [0.1, 0.15) is 5.82 Å². The molecule has 1 saturated heterocycles. The number of anilines is 4. The second-order valence-corrected chi connectivity index (χ2v) is 7.30. The lowest BCUT2D eigenvalue weighted by molar-refractivity contribution is -0.0222. The molecule has 13 heteroatoms. The zero-order valence-corrected chi connectivity index (χ0v) is 16.9. The molecule has 164 valence electrons. The van der Waals surface area contributed by atoms with Crippen LogP contribution < -0.4 is 15.5 Å². The minimum Gasteiger partial charge on any atom is -0.344 e. The number of piperidine rings is 1. The summed E-state index contributed by atoms with van der Waals surface area (Å²) in [7, 11) is 1.82. The fourth-order valence-corrected chi connectivity index (χ4v) is 3.06. The van der Waals surface area contributed by atoms with Crippen LogP contribution in [0.3, 0.4) is 0 Å². The Morgan fingerprint density at radius 1 is 1.03 bits per heavy atom. The smallest absolute Gasteiger partial charge is 0.251 e. The molecule has 3 aromatic rings. The Labute approximate surface area is 176 Å². The third kappa shape index (κ3) is 5.16. The topological polar surface area (TPSA) is 110 Å². The second-order valence-electron chi connectivity index (χ2n) is 7.30. The van der Waals surface area contributed by atoms with Crippen molar-refractivity contribution in [1.29, 1.82) is 0 Å². The van der Waals surface area contributed by atoms with E-state index >= 15 is 0 Å². The highest BCUT2D eigenvalue weighted by atomic mass is 19.3. The highest BCUT2D eigenvalue weighted by Gasteiger charge is 2.35. The van der Waals surface area contributed by atoms with E-state index in [0.29, 0.717) is 11.6 Å². The third-order valence-corrected chi connectivity index (χ3v) is 4.72. The van der Waals surface area contributed by atoms with Crippen molar-refractivity contribution in [2.24, 2.45) is 7.05 Å². The first kappa shape index (κ1) is 20.8. The fourth-order valence-electron chi connectivity index (χ4n) is 3.06. The quantitative estimate of drug-likeness (QED) is 0.605. The molecule has 0 aliphatic carbocycles. The number of nitrogens with zero attached hydrogens (tertiary/aromatic N) is 8. The number of aryl methyl sites for hydroxylation is 1. The van der Waals surface area contributed by atoms with Crippen molar-refractivity contribution in [3.63, 3.8) is 0 Å². The number of alkyl halides is 2. The molecule has 10 nitrogen and oxygen atoms in total. The number of nitrogens with one attached hydrogen (secondary N) is 2. The lowest BCUT2D eigenvalue weighted by atomic mass is 10.1. The Hall–Kier alpha value is -3.51. The first-order valence-corrected chi connectivity index (χ1v) is 9.65. The van der Waals surface area contributed by atoms with Gasteiger partial charge in [-0.1, -0.05) is 0 Å². The molecule has 0 unspecified atom stereocenters. The van der Waals surface area contributed by atoms with Crippen LogP contribution >= 0.6 is 0 Å². The zero-order chi connectivity index (χ0) is 22.0. The fraction of sp³-hybridized carbons (Fsp3) is 0.444. The molecule has 4 rings (SSSR count). The highest BCUT2D eigenvalue weighted by Crippen LogP contribution is 2.30. The molecule has 4 heterocycles. The van der Waals surface area contributed by atoms with Crippen LogP contribution in [0.4, 0.5) is 36.8 Å². The first-order chi connectivity index (χ1) is 14.8. The van der Waals surface area contributed by atoms with Gasteiger partial charge in [0.25, 0.3) is 5.92 Å². The lowest BCUT2D eigenvalue weighted by Crippen LogP contribution is -2.40. The van der Waals surface area contributed by atoms with E-state index in [-0.39, 0.29) is 43.8 Å². The average molecular weight is 434 g/mol. The van der Waals surface area contributed by atoms with E-state index in [2.05, 4.69) is 40.5 Å². The standard InChI is InChI=1S/C18H21F3N10/c1-11(14-22-7-12(19)8-23-14)25-15-27-16(26-13-9-30(2)10-24-13)29-17(28-15)31-5-3-18(20,21)4-6-31/h7-11H,3-6H2,1-2H3,(H2,25,26,27,28,29)/t11-/m0/s1. The van der Waals surface area contributed by atoms with E-state index in [9.17, 15) is 13.2 Å². The Morgan fingerprint density at radius 3 is 2.35 bits per heavy atom. The van der Waals surface area contributed by atoms with Crippen LogP contribution in [-0.2, 0) is 7.05 Å². The van der Waals surface area contributed by atoms with E-state index in [1.54, 1.807) is 28.9 Å². The molecule has 1 fully saturated rings. The van der Waals surface area contributed by atoms with E-state index in [0.717, 1.165) is 12.4 Å². The average Bonchev–Trinajstić information content (AvgIpc) is 3.12. The van der Waals surface area contributed by atoms with Gasteiger partial charge in [0.15, 0.2) is 11.6 Å². The number of imidazole rings is 1. The molecule has 1 aliphatic heterocycles. The minimum absolute atomic E-state index is 0.121. The molecule has 0 amide bonds. The molecule has 0 saturated carbocycles. The monoisotopic (exact) mass is 434 g/mol. The Kier molecular flexibility index (Phi) is 5.57. The maximum atomic E-state index is 13.6. The summed E-state index contributed by atoms with van der Waals surface area (Å²) >= 11 is 0. The summed E-state index contributed by atoms with van der Waals surface area (Å²) in [6, 6.07) is -0.441. The second kappa shape index (κ2) is 8.32. The maximum absolute atomic E-state index is 13.6. The molecule has 0 spiro atoms. The van der Waals surface area contributed by atoms with Gasteiger partial charge in [-0.05, 0) is 6.92 Å². The zero-order valence-electron chi connectivity index (χ0n) is 16.9. The van der Waals surface area contributed by atoms with Gasteiger partial charge in [0.05, 0.1) is 24.8 Å². The van der Waals surface area contributed by atoms with E-state index < -0.39 is 17.8 Å². The largest absolute Gasteiger partial charge is 0.344 e. The van der Waals surface area contributed by atoms with Crippen molar-refractivity contribution in [1.82, 2.24) is 34.5 Å². The Balaban J connectivity index is 1.59. The lowest BCUT2D eigenvalue weighted by Gasteiger charge is -2.31. The van der Waals surface area contributed by atoms with Crippen LogP contribution in [-0.4, -0.2) is 53.5 Å². The van der Waals surface area contributed by atoms with Crippen molar-refractivity contribution >= 4 is 23.7 Å². The summed E-state index contributed by atoms with van der Waals surface area (Å²) in [4.78, 5) is 26.9. The molecule has 2 N–H and O–H groups in total. The molecule has 31 heavy (non-hydrogen) atoms. The maximum Gasteiger partial charge on any atom is 0.251 e. The van der Waals surface area contributed by atoms with Crippen molar-refractivity contribution < 1.29 is 13.2 Å². The van der Waals surface area contributed by atoms with Crippen LogP contribution in [0.25, 0.3) is 0 Å². The van der Waals surface area contributed by atoms with Crippen LogP contribution in [0, 0.1) is 5.82 Å². The number of hydrogen-bond donors (Lipinski definition) is 2. The minimum atomic E-state index is -2.69. The Bertz CT molecular complexity index is 1030. The molecular weight excluding hydrogens is 413 g/mol. The van der Waals surface area contributed by atoms with Crippen LogP contribution in [0.2, 0.25) is 0 Å². The van der Waals surface area contributed by atoms with Crippen molar-refractivity contribution in [2.45, 2.75) is 31.7 Å². The predicted octanol–water partition coefficient (Wildman–Crippen LogP) is 2.69. The van der Waals surface area contributed by atoms with Gasteiger partial charge in [0, 0.05) is 39.2 Å². The van der Waals surface area contributed by atoms with Crippen LogP contribution in [0.5, 0.6) is 0 Å². The SMILES string of the molecule is C[C@H](Nc1nc(Nc2cn(C)cn2)nc(N2CCC(F)(F)CC2)n1)c1ncc(F)cn1. The van der Waals surface area contributed by atoms with Crippen LogP contribution in [0.15, 0.2) is 24.9 Å². The van der Waals surface area contributed by atoms with Crippen molar-refractivity contribution in [3.05, 3.63) is 36.6 Å². The van der Waals surface area contributed by atoms with E-state index in [1.165, 1.54) is 0 Å². The Morgan fingerprint density at radius 2 is 1.71 bits per heavy atom. The predicted molar refractivity (Wildman–Crippen MR) is 107 cm³/mol. The van der Waals surface area contributed by atoms with Gasteiger partial charge in [-0.2, -0.15) is 15.0 Å². The van der Waals surface area contributed by atoms with Crippen molar-refractivity contribution in [2.75, 3.05) is 28.6 Å². The number of aromatic nitrogens is 7. The summed E-state index contributed by atoms with van der Waals surface area (Å²) < 4.78 is 42.0. The van der Waals surface area contributed by atoms with E-state index in [4.69, 9.17) is 0 Å². The number of rotatable bonds is 6. The van der Waals surface area contributed by atoms with Crippen molar-refractivity contribution in [3.8, 4) is 0 Å². The summed E-state index contributed by atoms with van der Waals surface area (Å²) in [5.41, 5.74) is 0. The van der Waals surface area contributed by atoms with E-state index in [1.807, 2.05) is 7.05 Å².